The van der Waals surface area contributed by atoms with E-state index in [0.717, 1.165) is 0 Å². The fourth-order valence-electron chi connectivity index (χ4n) is 0.820. The molecule has 0 bridgehead atoms. The second-order valence-electron chi connectivity index (χ2n) is 2.67. The third-order valence-electron chi connectivity index (χ3n) is 1.34. The van der Waals surface area contributed by atoms with Crippen molar-refractivity contribution in [1.82, 2.24) is 9.78 Å². The lowest BCUT2D eigenvalue weighted by Crippen LogP contribution is -2.23. The molecule has 4 heteroatoms. The van der Waals surface area contributed by atoms with Crippen LogP contribution in [-0.4, -0.2) is 9.78 Å². The molecule has 0 atom stereocenters. The summed E-state index contributed by atoms with van der Waals surface area (Å²) in [5, 5.41) is 3.86. The Morgan fingerprint density at radius 3 is 2.73 bits per heavy atom. The second kappa shape index (κ2) is 2.74. The summed E-state index contributed by atoms with van der Waals surface area (Å²) in [6, 6.07) is 1.45. The minimum atomic E-state index is -0.153. The number of nitrogen functional groups attached to an aromatic ring is 1. The highest BCUT2D eigenvalue weighted by molar-refractivity contribution is 5.31. The number of rotatable bonds is 1. The molecule has 0 radical (unpaired) electrons. The van der Waals surface area contributed by atoms with Crippen molar-refractivity contribution in [1.29, 1.82) is 0 Å². The molecule has 0 aliphatic rings. The van der Waals surface area contributed by atoms with Crippen LogP contribution in [0.5, 0.6) is 0 Å². The molecule has 0 saturated carbocycles. The highest BCUT2D eigenvalue weighted by Gasteiger charge is 2.00. The Bertz CT molecular complexity index is 303. The largest absolute Gasteiger partial charge is 0.397 e. The Morgan fingerprint density at radius 2 is 2.27 bits per heavy atom. The molecule has 0 aliphatic heterocycles. The van der Waals surface area contributed by atoms with Crippen LogP contribution in [0.2, 0.25) is 0 Å². The van der Waals surface area contributed by atoms with Gasteiger partial charge in [0.1, 0.15) is 0 Å². The predicted molar refractivity (Wildman–Crippen MR) is 43.3 cm³/mol. The molecule has 1 aromatic heterocycles. The Labute approximate surface area is 64.6 Å². The summed E-state index contributed by atoms with van der Waals surface area (Å²) in [7, 11) is 0. The number of hydrogen-bond donors (Lipinski definition) is 1. The predicted octanol–water partition coefficient (Wildman–Crippen LogP) is 0.406. The van der Waals surface area contributed by atoms with E-state index in [-0.39, 0.29) is 11.6 Å². The SMILES string of the molecule is CC(C)n1ncc(N)cc1=O. The van der Waals surface area contributed by atoms with Gasteiger partial charge in [0.05, 0.1) is 17.9 Å². The summed E-state index contributed by atoms with van der Waals surface area (Å²) in [5.74, 6) is 0. The molecule has 0 unspecified atom stereocenters. The van der Waals surface area contributed by atoms with Crippen LogP contribution in [0.1, 0.15) is 19.9 Å². The highest BCUT2D eigenvalue weighted by atomic mass is 16.1. The summed E-state index contributed by atoms with van der Waals surface area (Å²) < 4.78 is 1.39. The fraction of sp³-hybridized carbons (Fsp3) is 0.429. The molecule has 0 fully saturated rings. The molecule has 0 amide bonds. The molecule has 2 N–H and O–H groups in total. The first-order valence-corrected chi connectivity index (χ1v) is 3.45. The molecule has 1 aromatic rings. The molecule has 11 heavy (non-hydrogen) atoms. The van der Waals surface area contributed by atoms with Gasteiger partial charge in [-0.3, -0.25) is 4.79 Å². The van der Waals surface area contributed by atoms with Gasteiger partial charge in [0, 0.05) is 6.07 Å². The Morgan fingerprint density at radius 1 is 1.64 bits per heavy atom. The zero-order valence-electron chi connectivity index (χ0n) is 6.61. The van der Waals surface area contributed by atoms with Crippen molar-refractivity contribution < 1.29 is 0 Å². The van der Waals surface area contributed by atoms with E-state index in [1.54, 1.807) is 0 Å². The zero-order valence-corrected chi connectivity index (χ0v) is 6.61. The maximum absolute atomic E-state index is 11.1. The van der Waals surface area contributed by atoms with Gasteiger partial charge in [-0.1, -0.05) is 0 Å². The third kappa shape index (κ3) is 1.58. The van der Waals surface area contributed by atoms with E-state index in [0.29, 0.717) is 5.69 Å². The van der Waals surface area contributed by atoms with Crippen molar-refractivity contribution in [3.63, 3.8) is 0 Å². The maximum atomic E-state index is 11.1. The van der Waals surface area contributed by atoms with Crippen molar-refractivity contribution in [2.45, 2.75) is 19.9 Å². The van der Waals surface area contributed by atoms with Crippen LogP contribution in [0.15, 0.2) is 17.1 Å². The van der Waals surface area contributed by atoms with E-state index in [9.17, 15) is 4.79 Å². The standard InChI is InChI=1S/C7H11N3O/c1-5(2)10-7(11)3-6(8)4-9-10/h3-5H,8H2,1-2H3. The van der Waals surface area contributed by atoms with Crippen molar-refractivity contribution in [3.8, 4) is 0 Å². The van der Waals surface area contributed by atoms with Gasteiger partial charge in [-0.2, -0.15) is 5.10 Å². The van der Waals surface area contributed by atoms with E-state index < -0.39 is 0 Å². The smallest absolute Gasteiger partial charge is 0.269 e. The summed E-state index contributed by atoms with van der Waals surface area (Å²) in [5.41, 5.74) is 5.61. The van der Waals surface area contributed by atoms with Crippen LogP contribution in [0.3, 0.4) is 0 Å². The van der Waals surface area contributed by atoms with Crippen molar-refractivity contribution in [3.05, 3.63) is 22.6 Å². The fourth-order valence-corrected chi connectivity index (χ4v) is 0.820. The number of hydrogen-bond acceptors (Lipinski definition) is 3. The number of nitrogens with zero attached hydrogens (tertiary/aromatic N) is 2. The molecule has 0 spiro atoms. The Hall–Kier alpha value is -1.32. The minimum absolute atomic E-state index is 0.0862. The zero-order chi connectivity index (χ0) is 8.43. The van der Waals surface area contributed by atoms with Gasteiger partial charge in [0.25, 0.3) is 5.56 Å². The van der Waals surface area contributed by atoms with Crippen LogP contribution >= 0.6 is 0 Å². The molecule has 60 valence electrons. The van der Waals surface area contributed by atoms with Gasteiger partial charge in [-0.15, -0.1) is 0 Å². The minimum Gasteiger partial charge on any atom is -0.397 e. The molecule has 0 aliphatic carbocycles. The first-order chi connectivity index (χ1) is 5.11. The van der Waals surface area contributed by atoms with Gasteiger partial charge < -0.3 is 5.73 Å². The van der Waals surface area contributed by atoms with Crippen molar-refractivity contribution >= 4 is 5.69 Å². The first kappa shape index (κ1) is 7.78. The third-order valence-corrected chi connectivity index (χ3v) is 1.34. The van der Waals surface area contributed by atoms with Gasteiger partial charge in [-0.25, -0.2) is 4.68 Å². The van der Waals surface area contributed by atoms with Gasteiger partial charge >= 0.3 is 0 Å². The number of nitrogens with two attached hydrogens (primary N) is 1. The molecular formula is C7H11N3O. The van der Waals surface area contributed by atoms with Crippen LogP contribution in [0.4, 0.5) is 5.69 Å². The van der Waals surface area contributed by atoms with E-state index in [2.05, 4.69) is 5.10 Å². The van der Waals surface area contributed by atoms with Gasteiger partial charge in [0.15, 0.2) is 0 Å². The second-order valence-corrected chi connectivity index (χ2v) is 2.67. The Balaban J connectivity index is 3.21. The van der Waals surface area contributed by atoms with Crippen LogP contribution < -0.4 is 11.3 Å². The summed E-state index contributed by atoms with van der Waals surface area (Å²) in [6.45, 7) is 3.79. The van der Waals surface area contributed by atoms with E-state index in [1.807, 2.05) is 13.8 Å². The van der Waals surface area contributed by atoms with Crippen LogP contribution in [-0.2, 0) is 0 Å². The number of aromatic nitrogens is 2. The van der Waals surface area contributed by atoms with E-state index in [4.69, 9.17) is 5.73 Å². The van der Waals surface area contributed by atoms with Gasteiger partial charge in [0.2, 0.25) is 0 Å². The quantitative estimate of drug-likeness (QED) is 0.635. The lowest BCUT2D eigenvalue weighted by Gasteiger charge is -2.06. The first-order valence-electron chi connectivity index (χ1n) is 3.45. The molecule has 4 nitrogen and oxygen atoms in total. The van der Waals surface area contributed by atoms with E-state index in [1.165, 1.54) is 16.9 Å². The monoisotopic (exact) mass is 153 g/mol. The van der Waals surface area contributed by atoms with Crippen LogP contribution in [0.25, 0.3) is 0 Å². The summed E-state index contributed by atoms with van der Waals surface area (Å²) >= 11 is 0. The van der Waals surface area contributed by atoms with Gasteiger partial charge in [-0.05, 0) is 13.8 Å². The average Bonchev–Trinajstić information content (AvgIpc) is 1.85. The van der Waals surface area contributed by atoms with Crippen molar-refractivity contribution in [2.75, 3.05) is 5.73 Å². The van der Waals surface area contributed by atoms with E-state index >= 15 is 0 Å². The molecule has 0 saturated heterocycles. The van der Waals surface area contributed by atoms with Crippen molar-refractivity contribution in [2.24, 2.45) is 0 Å². The maximum Gasteiger partial charge on any atom is 0.269 e. The molecular weight excluding hydrogens is 142 g/mol. The average molecular weight is 153 g/mol. The summed E-state index contributed by atoms with van der Waals surface area (Å²) in [4.78, 5) is 11.1. The lowest BCUT2D eigenvalue weighted by atomic mass is 10.4. The normalized spacial score (nSPS) is 10.5. The molecule has 1 heterocycles. The lowest BCUT2D eigenvalue weighted by molar-refractivity contribution is 0.503. The molecule has 0 aromatic carbocycles. The Kier molecular flexibility index (Phi) is 1.94. The topological polar surface area (TPSA) is 60.9 Å². The molecule has 1 rings (SSSR count). The summed E-state index contributed by atoms with van der Waals surface area (Å²) in [6.07, 6.45) is 1.47. The van der Waals surface area contributed by atoms with Crippen LogP contribution in [0, 0.1) is 0 Å². The highest BCUT2D eigenvalue weighted by Crippen LogP contribution is 1.97. The number of anilines is 1.